The number of methoxy groups -OCH3 is 4. The molecule has 124 valence electrons. The van der Waals surface area contributed by atoms with Gasteiger partial charge in [-0.1, -0.05) is 12.1 Å². The van der Waals surface area contributed by atoms with Gasteiger partial charge in [-0.2, -0.15) is 0 Å². The second-order valence-electron chi connectivity index (χ2n) is 4.78. The Morgan fingerprint density at radius 3 is 1.91 bits per heavy atom. The fourth-order valence-corrected chi connectivity index (χ4v) is 2.68. The first-order valence-corrected chi connectivity index (χ1v) is 7.17. The Labute approximate surface area is 135 Å². The molecule has 0 saturated carbocycles. The van der Waals surface area contributed by atoms with Gasteiger partial charge in [0.1, 0.15) is 23.0 Å². The first-order valence-electron chi connectivity index (χ1n) is 7.17. The van der Waals surface area contributed by atoms with Crippen molar-refractivity contribution >= 4 is 16.5 Å². The molecule has 0 radical (unpaired) electrons. The molecule has 23 heavy (non-hydrogen) atoms. The number of oxime groups is 1. The predicted octanol–water partition coefficient (Wildman–Crippen LogP) is 3.46. The lowest BCUT2D eigenvalue weighted by Gasteiger charge is -2.19. The highest BCUT2D eigenvalue weighted by molar-refractivity contribution is 6.12. The maximum Gasteiger partial charge on any atom is 0.140 e. The summed E-state index contributed by atoms with van der Waals surface area (Å²) in [4.78, 5) is 0. The summed E-state index contributed by atoms with van der Waals surface area (Å²) < 4.78 is 22.1. The standard InChI is InChI=1S/C17H21NO5/c1-6-11(18-19)10-9-14(22-4)15-12(20-2)7-8-13(21-3)16(15)17(10)23-5/h7-9,19H,6H2,1-5H3. The molecular weight excluding hydrogens is 298 g/mol. The summed E-state index contributed by atoms with van der Waals surface area (Å²) in [6.07, 6.45) is 0.536. The lowest BCUT2D eigenvalue weighted by Crippen LogP contribution is -2.05. The molecule has 2 rings (SSSR count). The van der Waals surface area contributed by atoms with E-state index in [0.717, 1.165) is 5.39 Å². The quantitative estimate of drug-likeness (QED) is 0.501. The third-order valence-corrected chi connectivity index (χ3v) is 3.75. The summed E-state index contributed by atoms with van der Waals surface area (Å²) in [5, 5.41) is 14.1. The Balaban J connectivity index is 3.03. The number of ether oxygens (including phenoxy) is 4. The molecule has 0 spiro atoms. The van der Waals surface area contributed by atoms with Crippen LogP contribution in [-0.4, -0.2) is 39.4 Å². The predicted molar refractivity (Wildman–Crippen MR) is 88.8 cm³/mol. The largest absolute Gasteiger partial charge is 0.496 e. The van der Waals surface area contributed by atoms with Gasteiger partial charge < -0.3 is 24.2 Å². The molecule has 0 atom stereocenters. The van der Waals surface area contributed by atoms with Crippen LogP contribution in [0.3, 0.4) is 0 Å². The molecule has 0 fully saturated rings. The molecule has 0 amide bonds. The van der Waals surface area contributed by atoms with E-state index in [-0.39, 0.29) is 0 Å². The second kappa shape index (κ2) is 7.09. The SMILES string of the molecule is CCC(=NO)c1cc(OC)c2c(OC)ccc(OC)c2c1OC. The van der Waals surface area contributed by atoms with Crippen LogP contribution in [0, 0.1) is 0 Å². The smallest absolute Gasteiger partial charge is 0.140 e. The van der Waals surface area contributed by atoms with Gasteiger partial charge in [0.25, 0.3) is 0 Å². The van der Waals surface area contributed by atoms with Crippen LogP contribution in [0.5, 0.6) is 23.0 Å². The zero-order valence-corrected chi connectivity index (χ0v) is 14.0. The monoisotopic (exact) mass is 319 g/mol. The van der Waals surface area contributed by atoms with E-state index >= 15 is 0 Å². The third-order valence-electron chi connectivity index (χ3n) is 3.75. The van der Waals surface area contributed by atoms with Crippen LogP contribution in [0.4, 0.5) is 0 Å². The summed E-state index contributed by atoms with van der Waals surface area (Å²) in [6.45, 7) is 1.90. The number of benzene rings is 2. The number of rotatable bonds is 6. The van der Waals surface area contributed by atoms with E-state index in [4.69, 9.17) is 18.9 Å². The van der Waals surface area contributed by atoms with Crippen molar-refractivity contribution in [2.24, 2.45) is 5.16 Å². The maximum absolute atomic E-state index is 9.30. The molecule has 6 nitrogen and oxygen atoms in total. The van der Waals surface area contributed by atoms with Gasteiger partial charge >= 0.3 is 0 Å². The van der Waals surface area contributed by atoms with Crippen molar-refractivity contribution < 1.29 is 24.2 Å². The minimum atomic E-state index is 0.493. The Morgan fingerprint density at radius 1 is 0.913 bits per heavy atom. The molecule has 0 aliphatic heterocycles. The van der Waals surface area contributed by atoms with E-state index in [1.54, 1.807) is 40.6 Å². The van der Waals surface area contributed by atoms with E-state index in [0.29, 0.717) is 46.1 Å². The van der Waals surface area contributed by atoms with E-state index in [9.17, 15) is 5.21 Å². The second-order valence-corrected chi connectivity index (χ2v) is 4.78. The highest BCUT2D eigenvalue weighted by Gasteiger charge is 2.22. The zero-order valence-electron chi connectivity index (χ0n) is 14.0. The molecule has 0 aliphatic rings. The van der Waals surface area contributed by atoms with Crippen molar-refractivity contribution in [1.82, 2.24) is 0 Å². The van der Waals surface area contributed by atoms with E-state index < -0.39 is 0 Å². The van der Waals surface area contributed by atoms with Crippen LogP contribution >= 0.6 is 0 Å². The van der Waals surface area contributed by atoms with Crippen molar-refractivity contribution in [3.8, 4) is 23.0 Å². The molecule has 2 aromatic carbocycles. The number of hydrogen-bond acceptors (Lipinski definition) is 6. The van der Waals surface area contributed by atoms with Gasteiger partial charge in [0.2, 0.25) is 0 Å². The molecule has 1 N–H and O–H groups in total. The normalized spacial score (nSPS) is 11.4. The Morgan fingerprint density at radius 2 is 1.48 bits per heavy atom. The van der Waals surface area contributed by atoms with Gasteiger partial charge in [0.05, 0.1) is 44.9 Å². The van der Waals surface area contributed by atoms with E-state index in [1.165, 1.54) is 0 Å². The minimum Gasteiger partial charge on any atom is -0.496 e. The van der Waals surface area contributed by atoms with Crippen LogP contribution in [0.2, 0.25) is 0 Å². The van der Waals surface area contributed by atoms with Crippen molar-refractivity contribution in [3.63, 3.8) is 0 Å². The molecular formula is C17H21NO5. The molecule has 0 aliphatic carbocycles. The average molecular weight is 319 g/mol. The Hall–Kier alpha value is -2.63. The molecule has 2 aromatic rings. The maximum atomic E-state index is 9.30. The summed E-state index contributed by atoms with van der Waals surface area (Å²) in [7, 11) is 6.31. The molecule has 6 heteroatoms. The van der Waals surface area contributed by atoms with Gasteiger partial charge in [0, 0.05) is 5.56 Å². The van der Waals surface area contributed by atoms with Crippen LogP contribution in [0.15, 0.2) is 23.4 Å². The first-order chi connectivity index (χ1) is 11.2. The Bertz CT molecular complexity index is 740. The zero-order chi connectivity index (χ0) is 17.0. The fraction of sp³-hybridized carbons (Fsp3) is 0.353. The topological polar surface area (TPSA) is 69.5 Å². The van der Waals surface area contributed by atoms with Gasteiger partial charge in [-0.15, -0.1) is 0 Å². The van der Waals surface area contributed by atoms with Crippen molar-refractivity contribution in [3.05, 3.63) is 23.8 Å². The van der Waals surface area contributed by atoms with Gasteiger partial charge in [-0.05, 0) is 24.6 Å². The summed E-state index contributed by atoms with van der Waals surface area (Å²) in [6, 6.07) is 5.39. The summed E-state index contributed by atoms with van der Waals surface area (Å²) >= 11 is 0. The van der Waals surface area contributed by atoms with Gasteiger partial charge in [-0.25, -0.2) is 0 Å². The van der Waals surface area contributed by atoms with Gasteiger partial charge in [0.15, 0.2) is 0 Å². The highest BCUT2D eigenvalue weighted by atomic mass is 16.5. The van der Waals surface area contributed by atoms with Crippen LogP contribution in [-0.2, 0) is 0 Å². The van der Waals surface area contributed by atoms with Crippen LogP contribution < -0.4 is 18.9 Å². The average Bonchev–Trinajstić information content (AvgIpc) is 2.60. The highest BCUT2D eigenvalue weighted by Crippen LogP contribution is 2.46. The van der Waals surface area contributed by atoms with Crippen molar-refractivity contribution in [2.45, 2.75) is 13.3 Å². The summed E-state index contributed by atoms with van der Waals surface area (Å²) in [5.74, 6) is 2.39. The first kappa shape index (κ1) is 16.7. The molecule has 0 unspecified atom stereocenters. The number of nitrogens with zero attached hydrogens (tertiary/aromatic N) is 1. The van der Waals surface area contributed by atoms with Crippen molar-refractivity contribution in [2.75, 3.05) is 28.4 Å². The van der Waals surface area contributed by atoms with Crippen molar-refractivity contribution in [1.29, 1.82) is 0 Å². The van der Waals surface area contributed by atoms with Gasteiger partial charge in [-0.3, -0.25) is 0 Å². The fourth-order valence-electron chi connectivity index (χ4n) is 2.68. The molecule has 0 bridgehead atoms. The number of fused-ring (bicyclic) bond motifs is 1. The molecule has 0 heterocycles. The van der Waals surface area contributed by atoms with Crippen LogP contribution in [0.1, 0.15) is 18.9 Å². The molecule has 0 aromatic heterocycles. The van der Waals surface area contributed by atoms with E-state index in [1.807, 2.05) is 13.0 Å². The minimum absolute atomic E-state index is 0.493. The number of hydrogen-bond donors (Lipinski definition) is 1. The lowest BCUT2D eigenvalue weighted by atomic mass is 9.98. The third kappa shape index (κ3) is 2.72. The molecule has 0 saturated heterocycles. The van der Waals surface area contributed by atoms with Crippen LogP contribution in [0.25, 0.3) is 10.8 Å². The summed E-state index contributed by atoms with van der Waals surface area (Å²) in [5.41, 5.74) is 1.14. The Kier molecular flexibility index (Phi) is 5.16. The lowest BCUT2D eigenvalue weighted by molar-refractivity contribution is 0.317. The van der Waals surface area contributed by atoms with E-state index in [2.05, 4.69) is 5.16 Å².